The fraction of sp³-hybridized carbons (Fsp3) is 0.667. The van der Waals surface area contributed by atoms with Gasteiger partial charge in [-0.15, -0.1) is 10.2 Å². The van der Waals surface area contributed by atoms with Crippen LogP contribution in [0.5, 0.6) is 0 Å². The van der Waals surface area contributed by atoms with Gasteiger partial charge in [-0.25, -0.2) is 0 Å². The number of aromatic nitrogens is 4. The average molecular weight is 302 g/mol. The van der Waals surface area contributed by atoms with Crippen LogP contribution in [0.15, 0.2) is 18.7 Å². The van der Waals surface area contributed by atoms with E-state index in [1.165, 1.54) is 12.8 Å². The Kier molecular flexibility index (Phi) is 3.67. The van der Waals surface area contributed by atoms with Crippen LogP contribution in [-0.2, 0) is 4.74 Å². The Balaban J connectivity index is 1.44. The van der Waals surface area contributed by atoms with Gasteiger partial charge in [0.2, 0.25) is 0 Å². The summed E-state index contributed by atoms with van der Waals surface area (Å²) in [5.41, 5.74) is 0.807. The van der Waals surface area contributed by atoms with Gasteiger partial charge in [-0.1, -0.05) is 0 Å². The first-order chi connectivity index (χ1) is 10.8. The number of hydrogen-bond acceptors (Lipinski definition) is 6. The van der Waals surface area contributed by atoms with Crippen molar-refractivity contribution in [3.8, 4) is 0 Å². The monoisotopic (exact) mass is 302 g/mol. The van der Waals surface area contributed by atoms with Gasteiger partial charge >= 0.3 is 0 Å². The standard InChI is InChI=1S/C15H22N6O/c1-12-10-20(6-7-22-12)13-2-4-19(5-3-13)15-9-16-8-14-18-17-11-21(14)15/h8-9,11-13H,2-7,10H2,1H3. The molecule has 4 rings (SSSR count). The fourth-order valence-corrected chi connectivity index (χ4v) is 3.61. The van der Waals surface area contributed by atoms with E-state index in [0.29, 0.717) is 12.1 Å². The Morgan fingerprint density at radius 2 is 2.05 bits per heavy atom. The molecule has 0 aromatic carbocycles. The predicted octanol–water partition coefficient (Wildman–Crippen LogP) is 0.814. The molecule has 2 aliphatic rings. The molecule has 0 spiro atoms. The van der Waals surface area contributed by atoms with E-state index in [4.69, 9.17) is 4.74 Å². The number of hydrogen-bond donors (Lipinski definition) is 0. The maximum Gasteiger partial charge on any atom is 0.180 e. The molecule has 7 heteroatoms. The summed E-state index contributed by atoms with van der Waals surface area (Å²) in [5, 5.41) is 8.05. The molecule has 2 aliphatic heterocycles. The average Bonchev–Trinajstić information content (AvgIpc) is 3.04. The zero-order valence-corrected chi connectivity index (χ0v) is 12.9. The summed E-state index contributed by atoms with van der Waals surface area (Å²) in [4.78, 5) is 9.28. The second kappa shape index (κ2) is 5.81. The summed E-state index contributed by atoms with van der Waals surface area (Å²) in [6, 6.07) is 0.677. The number of morpholine rings is 1. The van der Waals surface area contributed by atoms with Crippen molar-refractivity contribution in [3.05, 3.63) is 18.7 Å². The van der Waals surface area contributed by atoms with Gasteiger partial charge in [0, 0.05) is 32.2 Å². The van der Waals surface area contributed by atoms with Crippen molar-refractivity contribution < 1.29 is 4.74 Å². The Morgan fingerprint density at radius 3 is 2.86 bits per heavy atom. The maximum absolute atomic E-state index is 5.65. The van der Waals surface area contributed by atoms with E-state index in [0.717, 1.165) is 44.3 Å². The molecule has 0 bridgehead atoms. The smallest absolute Gasteiger partial charge is 0.180 e. The van der Waals surface area contributed by atoms with Gasteiger partial charge in [0.25, 0.3) is 0 Å². The van der Waals surface area contributed by atoms with Crippen molar-refractivity contribution in [3.63, 3.8) is 0 Å². The van der Waals surface area contributed by atoms with E-state index in [-0.39, 0.29) is 0 Å². The number of fused-ring (bicyclic) bond motifs is 1. The molecule has 0 amide bonds. The first kappa shape index (κ1) is 13.9. The van der Waals surface area contributed by atoms with E-state index in [9.17, 15) is 0 Å². The summed E-state index contributed by atoms with van der Waals surface area (Å²) in [6.45, 7) is 7.26. The first-order valence-corrected chi connectivity index (χ1v) is 8.05. The molecule has 2 aromatic heterocycles. The van der Waals surface area contributed by atoms with E-state index < -0.39 is 0 Å². The molecular formula is C15H22N6O. The fourth-order valence-electron chi connectivity index (χ4n) is 3.61. The third-order valence-electron chi connectivity index (χ3n) is 4.78. The second-order valence-electron chi connectivity index (χ2n) is 6.22. The molecule has 1 unspecified atom stereocenters. The zero-order chi connectivity index (χ0) is 14.9. The lowest BCUT2D eigenvalue weighted by atomic mass is 10.0. The molecule has 2 fully saturated rings. The second-order valence-corrected chi connectivity index (χ2v) is 6.22. The van der Waals surface area contributed by atoms with Crippen LogP contribution in [0.25, 0.3) is 5.65 Å². The molecule has 2 saturated heterocycles. The largest absolute Gasteiger partial charge is 0.376 e. The third kappa shape index (κ3) is 2.55. The lowest BCUT2D eigenvalue weighted by Gasteiger charge is -2.42. The minimum atomic E-state index is 0.363. The minimum Gasteiger partial charge on any atom is -0.376 e. The molecule has 0 saturated carbocycles. The molecule has 0 aliphatic carbocycles. The van der Waals surface area contributed by atoms with Gasteiger partial charge in [0.1, 0.15) is 12.1 Å². The first-order valence-electron chi connectivity index (χ1n) is 8.05. The van der Waals surface area contributed by atoms with Crippen LogP contribution in [0.1, 0.15) is 19.8 Å². The molecule has 7 nitrogen and oxygen atoms in total. The highest BCUT2D eigenvalue weighted by molar-refractivity contribution is 5.47. The molecule has 22 heavy (non-hydrogen) atoms. The van der Waals surface area contributed by atoms with Gasteiger partial charge in [-0.3, -0.25) is 14.3 Å². The van der Waals surface area contributed by atoms with Crippen LogP contribution in [0, 0.1) is 0 Å². The number of piperidine rings is 1. The van der Waals surface area contributed by atoms with Crippen molar-refractivity contribution in [2.45, 2.75) is 31.9 Å². The molecule has 4 heterocycles. The third-order valence-corrected chi connectivity index (χ3v) is 4.78. The van der Waals surface area contributed by atoms with E-state index in [1.807, 2.05) is 10.6 Å². The van der Waals surface area contributed by atoms with Gasteiger partial charge in [-0.2, -0.15) is 0 Å². The molecule has 0 N–H and O–H groups in total. The summed E-state index contributed by atoms with van der Waals surface area (Å²) >= 11 is 0. The number of rotatable bonds is 2. The number of nitrogens with zero attached hydrogens (tertiary/aromatic N) is 6. The van der Waals surface area contributed by atoms with Gasteiger partial charge in [-0.05, 0) is 19.8 Å². The molecule has 0 radical (unpaired) electrons. The van der Waals surface area contributed by atoms with Crippen molar-refractivity contribution in [2.24, 2.45) is 0 Å². The van der Waals surface area contributed by atoms with Crippen LogP contribution >= 0.6 is 0 Å². The van der Waals surface area contributed by atoms with E-state index in [2.05, 4.69) is 31.9 Å². The number of anilines is 1. The normalized spacial score (nSPS) is 25.0. The van der Waals surface area contributed by atoms with Crippen molar-refractivity contribution >= 4 is 11.5 Å². The van der Waals surface area contributed by atoms with Crippen LogP contribution in [0.4, 0.5) is 5.82 Å². The van der Waals surface area contributed by atoms with Crippen molar-refractivity contribution in [2.75, 3.05) is 37.7 Å². The molecule has 2 aromatic rings. The van der Waals surface area contributed by atoms with Gasteiger partial charge in [0.05, 0.1) is 25.1 Å². The predicted molar refractivity (Wildman–Crippen MR) is 83.0 cm³/mol. The molecule has 118 valence electrons. The van der Waals surface area contributed by atoms with E-state index >= 15 is 0 Å². The van der Waals surface area contributed by atoms with Crippen molar-refractivity contribution in [1.29, 1.82) is 0 Å². The summed E-state index contributed by atoms with van der Waals surface area (Å²) in [5.74, 6) is 1.09. The number of ether oxygens (including phenoxy) is 1. The zero-order valence-electron chi connectivity index (χ0n) is 12.9. The topological polar surface area (TPSA) is 58.8 Å². The molecular weight excluding hydrogens is 280 g/mol. The Bertz CT molecular complexity index is 636. The highest BCUT2D eigenvalue weighted by Crippen LogP contribution is 2.23. The Labute approximate surface area is 129 Å². The minimum absolute atomic E-state index is 0.363. The van der Waals surface area contributed by atoms with Crippen LogP contribution < -0.4 is 4.90 Å². The summed E-state index contributed by atoms with van der Waals surface area (Å²) in [7, 11) is 0. The maximum atomic E-state index is 5.65. The summed E-state index contributed by atoms with van der Waals surface area (Å²) in [6.07, 6.45) is 8.16. The lowest BCUT2D eigenvalue weighted by molar-refractivity contribution is -0.0373. The Hall–Kier alpha value is -1.73. The van der Waals surface area contributed by atoms with E-state index in [1.54, 1.807) is 12.5 Å². The quantitative estimate of drug-likeness (QED) is 0.818. The van der Waals surface area contributed by atoms with Gasteiger partial charge < -0.3 is 9.64 Å². The van der Waals surface area contributed by atoms with Crippen LogP contribution in [0.3, 0.4) is 0 Å². The lowest BCUT2D eigenvalue weighted by Crippen LogP contribution is -2.51. The van der Waals surface area contributed by atoms with Crippen molar-refractivity contribution in [1.82, 2.24) is 24.5 Å². The highest BCUT2D eigenvalue weighted by atomic mass is 16.5. The highest BCUT2D eigenvalue weighted by Gasteiger charge is 2.28. The molecule has 1 atom stereocenters. The SMILES string of the molecule is CC1CN(C2CCN(c3cncc4nncn34)CC2)CCO1. The van der Waals surface area contributed by atoms with Gasteiger partial charge in [0.15, 0.2) is 5.65 Å². The summed E-state index contributed by atoms with van der Waals surface area (Å²) < 4.78 is 7.67. The Morgan fingerprint density at radius 1 is 1.18 bits per heavy atom. The van der Waals surface area contributed by atoms with Crippen LogP contribution in [0.2, 0.25) is 0 Å². The van der Waals surface area contributed by atoms with Crippen LogP contribution in [-0.4, -0.2) is 69.4 Å².